The van der Waals surface area contributed by atoms with E-state index < -0.39 is 0 Å². The van der Waals surface area contributed by atoms with Crippen LogP contribution in [0.15, 0.2) is 42.5 Å². The van der Waals surface area contributed by atoms with Crippen LogP contribution in [0.4, 0.5) is 0 Å². The van der Waals surface area contributed by atoms with E-state index >= 15 is 0 Å². The molecule has 0 nitrogen and oxygen atoms in total. The van der Waals surface area contributed by atoms with E-state index in [-0.39, 0.29) is 0 Å². The first-order valence-corrected chi connectivity index (χ1v) is 7.79. The molecule has 0 radical (unpaired) electrons. The number of alkyl halides is 1. The second kappa shape index (κ2) is 5.54. The fraction of sp³-hybridized carbons (Fsp3) is 0.444. The molecule has 1 saturated carbocycles. The summed E-state index contributed by atoms with van der Waals surface area (Å²) in [5.41, 5.74) is 1.37. The highest BCUT2D eigenvalue weighted by Gasteiger charge is 2.29. The summed E-state index contributed by atoms with van der Waals surface area (Å²) in [6, 6.07) is 15.3. The van der Waals surface area contributed by atoms with Gasteiger partial charge in [0.25, 0.3) is 0 Å². The molecular weight excluding hydrogens is 252 g/mol. The average molecular weight is 273 g/mol. The molecule has 2 aromatic rings. The van der Waals surface area contributed by atoms with Crippen LogP contribution in [0.2, 0.25) is 0 Å². The van der Waals surface area contributed by atoms with Crippen LogP contribution >= 0.6 is 11.6 Å². The quantitative estimate of drug-likeness (QED) is 0.654. The summed E-state index contributed by atoms with van der Waals surface area (Å²) < 4.78 is 0. The van der Waals surface area contributed by atoms with Gasteiger partial charge < -0.3 is 0 Å². The molecule has 1 aliphatic rings. The van der Waals surface area contributed by atoms with E-state index in [9.17, 15) is 0 Å². The molecule has 3 atom stereocenters. The number of fused-ring (bicyclic) bond motifs is 1. The van der Waals surface area contributed by atoms with Gasteiger partial charge in [-0.3, -0.25) is 0 Å². The lowest BCUT2D eigenvalue weighted by Gasteiger charge is -2.21. The third kappa shape index (κ3) is 2.79. The molecule has 1 heteroatoms. The van der Waals surface area contributed by atoms with Gasteiger partial charge in [-0.1, -0.05) is 62.2 Å². The molecule has 0 aliphatic heterocycles. The molecule has 0 aromatic heterocycles. The zero-order chi connectivity index (χ0) is 13.2. The van der Waals surface area contributed by atoms with Gasteiger partial charge in [0.2, 0.25) is 0 Å². The van der Waals surface area contributed by atoms with Crippen molar-refractivity contribution in [2.75, 3.05) is 0 Å². The van der Waals surface area contributed by atoms with Gasteiger partial charge >= 0.3 is 0 Å². The Hall–Kier alpha value is -1.01. The Bertz CT molecular complexity index is 560. The molecule has 0 saturated heterocycles. The minimum absolute atomic E-state index is 0.290. The largest absolute Gasteiger partial charge is 0.122 e. The summed E-state index contributed by atoms with van der Waals surface area (Å²) in [7, 11) is 0. The van der Waals surface area contributed by atoms with Gasteiger partial charge in [-0.2, -0.15) is 0 Å². The van der Waals surface area contributed by atoms with Crippen molar-refractivity contribution in [3.8, 4) is 0 Å². The normalized spacial score (nSPS) is 24.7. The number of hydrogen-bond donors (Lipinski definition) is 0. The lowest BCUT2D eigenvalue weighted by atomic mass is 9.90. The summed E-state index contributed by atoms with van der Waals surface area (Å²) in [6.45, 7) is 2.35. The van der Waals surface area contributed by atoms with Crippen molar-refractivity contribution < 1.29 is 0 Å². The zero-order valence-corrected chi connectivity index (χ0v) is 12.2. The first-order chi connectivity index (χ1) is 9.24. The predicted octanol–water partition coefficient (Wildman–Crippen LogP) is 5.43. The van der Waals surface area contributed by atoms with Crippen molar-refractivity contribution >= 4 is 22.4 Å². The third-order valence-electron chi connectivity index (χ3n) is 4.64. The van der Waals surface area contributed by atoms with Gasteiger partial charge in [-0.15, -0.1) is 11.6 Å². The van der Waals surface area contributed by atoms with Crippen molar-refractivity contribution in [1.29, 1.82) is 0 Å². The van der Waals surface area contributed by atoms with Crippen molar-refractivity contribution in [2.24, 2.45) is 11.8 Å². The van der Waals surface area contributed by atoms with Crippen LogP contribution in [0.3, 0.4) is 0 Å². The number of benzene rings is 2. The third-order valence-corrected chi connectivity index (χ3v) is 5.11. The molecule has 0 spiro atoms. The molecule has 3 rings (SSSR count). The topological polar surface area (TPSA) is 0 Å². The summed E-state index contributed by atoms with van der Waals surface area (Å²) in [5, 5.41) is 2.92. The molecule has 3 unspecified atom stereocenters. The molecule has 1 aliphatic carbocycles. The van der Waals surface area contributed by atoms with E-state index in [1.54, 1.807) is 0 Å². The van der Waals surface area contributed by atoms with Crippen molar-refractivity contribution in [1.82, 2.24) is 0 Å². The molecule has 19 heavy (non-hydrogen) atoms. The monoisotopic (exact) mass is 272 g/mol. The first kappa shape index (κ1) is 13.0. The second-order valence-corrected chi connectivity index (χ2v) is 6.53. The van der Waals surface area contributed by atoms with Crippen LogP contribution in [0, 0.1) is 11.8 Å². The van der Waals surface area contributed by atoms with Gasteiger partial charge in [-0.05, 0) is 41.0 Å². The Morgan fingerprint density at radius 1 is 1.11 bits per heavy atom. The van der Waals surface area contributed by atoms with E-state index in [0.717, 1.165) is 12.3 Å². The highest BCUT2D eigenvalue weighted by molar-refractivity contribution is 6.21. The van der Waals surface area contributed by atoms with Crippen LogP contribution in [0.1, 0.15) is 31.7 Å². The Morgan fingerprint density at radius 2 is 1.89 bits per heavy atom. The van der Waals surface area contributed by atoms with Gasteiger partial charge in [-0.25, -0.2) is 0 Å². The standard InChI is InChI=1S/C18H21Cl/c1-13-5-4-8-17(13)18(19)12-14-9-10-15-6-2-3-7-16(15)11-14/h2-3,6-7,9-11,13,17-18H,4-5,8,12H2,1H3. The van der Waals surface area contributed by atoms with E-state index in [2.05, 4.69) is 49.4 Å². The fourth-order valence-corrected chi connectivity index (χ4v) is 4.01. The SMILES string of the molecule is CC1CCCC1C(Cl)Cc1ccc2ccccc2c1. The van der Waals surface area contributed by atoms with Gasteiger partial charge in [0.15, 0.2) is 0 Å². The summed E-state index contributed by atoms with van der Waals surface area (Å²) in [5.74, 6) is 1.50. The van der Waals surface area contributed by atoms with Crippen LogP contribution < -0.4 is 0 Å². The van der Waals surface area contributed by atoms with Crippen LogP contribution in [-0.2, 0) is 6.42 Å². The molecule has 100 valence electrons. The second-order valence-electron chi connectivity index (χ2n) is 5.97. The van der Waals surface area contributed by atoms with Crippen molar-refractivity contribution in [3.63, 3.8) is 0 Å². The molecule has 0 N–H and O–H groups in total. The lowest BCUT2D eigenvalue weighted by molar-refractivity contribution is 0.398. The van der Waals surface area contributed by atoms with Gasteiger partial charge in [0.05, 0.1) is 0 Å². The van der Waals surface area contributed by atoms with E-state index in [4.69, 9.17) is 11.6 Å². The molecular formula is C18H21Cl. The van der Waals surface area contributed by atoms with Crippen LogP contribution in [-0.4, -0.2) is 5.38 Å². The molecule has 0 bridgehead atoms. The lowest BCUT2D eigenvalue weighted by Crippen LogP contribution is -2.19. The highest BCUT2D eigenvalue weighted by atomic mass is 35.5. The van der Waals surface area contributed by atoms with Crippen molar-refractivity contribution in [2.45, 2.75) is 38.0 Å². The Kier molecular flexibility index (Phi) is 3.79. The maximum absolute atomic E-state index is 6.67. The minimum Gasteiger partial charge on any atom is -0.122 e. The minimum atomic E-state index is 0.290. The van der Waals surface area contributed by atoms with Gasteiger partial charge in [0, 0.05) is 5.38 Å². The summed E-state index contributed by atoms with van der Waals surface area (Å²) >= 11 is 6.67. The van der Waals surface area contributed by atoms with Crippen molar-refractivity contribution in [3.05, 3.63) is 48.0 Å². The number of rotatable bonds is 3. The van der Waals surface area contributed by atoms with Crippen LogP contribution in [0.25, 0.3) is 10.8 Å². The average Bonchev–Trinajstić information content (AvgIpc) is 2.85. The molecule has 1 fully saturated rings. The maximum atomic E-state index is 6.67. The number of hydrogen-bond acceptors (Lipinski definition) is 0. The Morgan fingerprint density at radius 3 is 2.63 bits per heavy atom. The fourth-order valence-electron chi connectivity index (χ4n) is 3.45. The number of halogens is 1. The van der Waals surface area contributed by atoms with Crippen LogP contribution in [0.5, 0.6) is 0 Å². The van der Waals surface area contributed by atoms with E-state index in [0.29, 0.717) is 11.3 Å². The summed E-state index contributed by atoms with van der Waals surface area (Å²) in [6.07, 6.45) is 5.02. The molecule has 0 amide bonds. The van der Waals surface area contributed by atoms with E-state index in [1.807, 2.05) is 0 Å². The Balaban J connectivity index is 1.77. The summed E-state index contributed by atoms with van der Waals surface area (Å²) in [4.78, 5) is 0. The molecule has 0 heterocycles. The van der Waals surface area contributed by atoms with Gasteiger partial charge in [0.1, 0.15) is 0 Å². The first-order valence-electron chi connectivity index (χ1n) is 7.36. The predicted molar refractivity (Wildman–Crippen MR) is 83.8 cm³/mol. The Labute approximate surface area is 120 Å². The molecule has 2 aromatic carbocycles. The zero-order valence-electron chi connectivity index (χ0n) is 11.5. The van der Waals surface area contributed by atoms with E-state index in [1.165, 1.54) is 35.6 Å². The maximum Gasteiger partial charge on any atom is 0.0407 e. The highest BCUT2D eigenvalue weighted by Crippen LogP contribution is 2.37. The smallest absolute Gasteiger partial charge is 0.0407 e.